The molecule has 0 aliphatic heterocycles. The van der Waals surface area contributed by atoms with Gasteiger partial charge < -0.3 is 0 Å². The molecule has 82 valence electrons. The minimum absolute atomic E-state index is 0.0377. The lowest BCUT2D eigenvalue weighted by Gasteiger charge is -2.05. The third-order valence-corrected chi connectivity index (χ3v) is 3.59. The van der Waals surface area contributed by atoms with Gasteiger partial charge in [-0.1, -0.05) is 33.6 Å². The van der Waals surface area contributed by atoms with E-state index in [0.717, 1.165) is 0 Å². The van der Waals surface area contributed by atoms with Crippen molar-refractivity contribution < 1.29 is 13.2 Å². The van der Waals surface area contributed by atoms with E-state index in [2.05, 4.69) is 15.9 Å². The van der Waals surface area contributed by atoms with Gasteiger partial charge in [-0.15, -0.1) is 0 Å². The molecule has 0 atom stereocenters. The van der Waals surface area contributed by atoms with Gasteiger partial charge in [-0.2, -0.15) is 0 Å². The largest absolute Gasteiger partial charge is 0.273 e. The molecule has 0 fully saturated rings. The van der Waals surface area contributed by atoms with E-state index >= 15 is 0 Å². The van der Waals surface area contributed by atoms with Crippen LogP contribution in [0.1, 0.15) is 0 Å². The summed E-state index contributed by atoms with van der Waals surface area (Å²) < 4.78 is 25.0. The Morgan fingerprint density at radius 2 is 2.13 bits per heavy atom. The molecule has 1 aromatic rings. The fourth-order valence-electron chi connectivity index (χ4n) is 0.870. The highest BCUT2D eigenvalue weighted by Crippen LogP contribution is 2.14. The van der Waals surface area contributed by atoms with E-state index in [0.29, 0.717) is 5.02 Å². The van der Waals surface area contributed by atoms with Gasteiger partial charge in [-0.25, -0.2) is 13.1 Å². The van der Waals surface area contributed by atoms with Crippen LogP contribution < -0.4 is 4.72 Å². The van der Waals surface area contributed by atoms with Crippen molar-refractivity contribution >= 4 is 43.5 Å². The Hall–Kier alpha value is -0.590. The smallest absolute Gasteiger partial charge is 0.264 e. The molecule has 1 amide bonds. The summed E-state index contributed by atoms with van der Waals surface area (Å²) in [6.07, 6.45) is 0. The zero-order valence-electron chi connectivity index (χ0n) is 7.41. The summed E-state index contributed by atoms with van der Waals surface area (Å²) in [5, 5.41) is 0.219. The molecule has 0 radical (unpaired) electrons. The summed E-state index contributed by atoms with van der Waals surface area (Å²) in [6.45, 7) is 0. The molecular formula is C8H7BrClNO3S. The SMILES string of the molecule is O=C(CBr)NS(=O)(=O)c1cccc(Cl)c1. The number of carbonyl (C=O) groups is 1. The van der Waals surface area contributed by atoms with Crippen LogP contribution in [0.15, 0.2) is 29.2 Å². The van der Waals surface area contributed by atoms with E-state index in [9.17, 15) is 13.2 Å². The zero-order valence-corrected chi connectivity index (χ0v) is 10.6. The summed E-state index contributed by atoms with van der Waals surface area (Å²) in [4.78, 5) is 10.9. The van der Waals surface area contributed by atoms with E-state index in [1.165, 1.54) is 18.2 Å². The first-order valence-electron chi connectivity index (χ1n) is 3.83. The van der Waals surface area contributed by atoms with E-state index in [-0.39, 0.29) is 10.2 Å². The van der Waals surface area contributed by atoms with Crippen LogP contribution in [0.2, 0.25) is 5.02 Å². The average molecular weight is 313 g/mol. The fraction of sp³-hybridized carbons (Fsp3) is 0.125. The van der Waals surface area contributed by atoms with Crippen LogP contribution in [-0.4, -0.2) is 19.7 Å². The van der Waals surface area contributed by atoms with Gasteiger partial charge in [0, 0.05) is 5.02 Å². The number of sulfonamides is 1. The number of alkyl halides is 1. The Kier molecular flexibility index (Phi) is 4.12. The Balaban J connectivity index is 3.01. The van der Waals surface area contributed by atoms with Crippen molar-refractivity contribution in [3.8, 4) is 0 Å². The molecule has 1 N–H and O–H groups in total. The highest BCUT2D eigenvalue weighted by atomic mass is 79.9. The van der Waals surface area contributed by atoms with E-state index in [4.69, 9.17) is 11.6 Å². The number of hydrogen-bond acceptors (Lipinski definition) is 3. The van der Waals surface area contributed by atoms with Crippen LogP contribution in [0, 0.1) is 0 Å². The molecule has 0 spiro atoms. The van der Waals surface area contributed by atoms with E-state index < -0.39 is 15.9 Å². The number of halogens is 2. The van der Waals surface area contributed by atoms with Crippen LogP contribution in [0.4, 0.5) is 0 Å². The minimum Gasteiger partial charge on any atom is -0.273 e. The molecule has 0 aromatic heterocycles. The van der Waals surface area contributed by atoms with Crippen LogP contribution in [-0.2, 0) is 14.8 Å². The number of hydrogen-bond donors (Lipinski definition) is 1. The summed E-state index contributed by atoms with van der Waals surface area (Å²) in [7, 11) is -3.81. The van der Waals surface area contributed by atoms with Crippen molar-refractivity contribution in [2.75, 3.05) is 5.33 Å². The fourth-order valence-corrected chi connectivity index (χ4v) is 2.48. The Labute approximate surface area is 101 Å². The highest BCUT2D eigenvalue weighted by Gasteiger charge is 2.16. The summed E-state index contributed by atoms with van der Waals surface area (Å²) in [5.41, 5.74) is 0. The van der Waals surface area contributed by atoms with Gasteiger partial charge >= 0.3 is 0 Å². The maximum Gasteiger partial charge on any atom is 0.264 e. The molecule has 0 saturated carbocycles. The normalized spacial score (nSPS) is 11.1. The van der Waals surface area contributed by atoms with Gasteiger partial charge in [0.25, 0.3) is 10.0 Å². The summed E-state index contributed by atoms with van der Waals surface area (Å²) >= 11 is 8.49. The van der Waals surface area contributed by atoms with Crippen molar-refractivity contribution in [3.05, 3.63) is 29.3 Å². The topological polar surface area (TPSA) is 63.2 Å². The van der Waals surface area contributed by atoms with Gasteiger partial charge in [0.15, 0.2) is 0 Å². The lowest BCUT2D eigenvalue weighted by molar-refractivity contribution is -0.116. The quantitative estimate of drug-likeness (QED) is 0.861. The van der Waals surface area contributed by atoms with Gasteiger partial charge in [0.1, 0.15) is 0 Å². The third-order valence-electron chi connectivity index (χ3n) is 1.48. The molecule has 0 aliphatic rings. The average Bonchev–Trinajstić information content (AvgIpc) is 2.17. The van der Waals surface area contributed by atoms with Gasteiger partial charge in [-0.05, 0) is 18.2 Å². The predicted octanol–water partition coefficient (Wildman–Crippen LogP) is 1.54. The molecule has 0 unspecified atom stereocenters. The molecule has 15 heavy (non-hydrogen) atoms. The first kappa shape index (κ1) is 12.5. The minimum atomic E-state index is -3.81. The van der Waals surface area contributed by atoms with Crippen LogP contribution in [0.25, 0.3) is 0 Å². The maximum atomic E-state index is 11.5. The molecule has 0 saturated heterocycles. The number of benzene rings is 1. The van der Waals surface area contributed by atoms with Crippen LogP contribution in [0.3, 0.4) is 0 Å². The van der Waals surface area contributed by atoms with Gasteiger partial charge in [0.2, 0.25) is 5.91 Å². The third kappa shape index (κ3) is 3.48. The highest BCUT2D eigenvalue weighted by molar-refractivity contribution is 9.09. The summed E-state index contributed by atoms with van der Waals surface area (Å²) in [5.74, 6) is -0.630. The lowest BCUT2D eigenvalue weighted by atomic mass is 10.4. The van der Waals surface area contributed by atoms with Crippen molar-refractivity contribution in [2.24, 2.45) is 0 Å². The van der Waals surface area contributed by atoms with Crippen molar-refractivity contribution in [2.45, 2.75) is 4.90 Å². The number of amides is 1. The zero-order chi connectivity index (χ0) is 11.5. The maximum absolute atomic E-state index is 11.5. The standard InChI is InChI=1S/C8H7BrClNO3S/c9-5-8(12)11-15(13,14)7-3-1-2-6(10)4-7/h1-4H,5H2,(H,11,12). The van der Waals surface area contributed by atoms with Crippen molar-refractivity contribution in [1.82, 2.24) is 4.72 Å². The molecule has 7 heteroatoms. The molecule has 0 heterocycles. The second-order valence-corrected chi connectivity index (χ2v) is 5.30. The molecular weight excluding hydrogens is 306 g/mol. The van der Waals surface area contributed by atoms with Crippen molar-refractivity contribution in [1.29, 1.82) is 0 Å². The van der Waals surface area contributed by atoms with Crippen molar-refractivity contribution in [3.63, 3.8) is 0 Å². The van der Waals surface area contributed by atoms with Gasteiger partial charge in [0.05, 0.1) is 10.2 Å². The monoisotopic (exact) mass is 311 g/mol. The number of carbonyl (C=O) groups excluding carboxylic acids is 1. The summed E-state index contributed by atoms with van der Waals surface area (Å²) in [6, 6.07) is 5.67. The van der Waals surface area contributed by atoms with E-state index in [1.54, 1.807) is 6.07 Å². The number of nitrogens with one attached hydrogen (secondary N) is 1. The molecule has 0 aliphatic carbocycles. The molecule has 4 nitrogen and oxygen atoms in total. The lowest BCUT2D eigenvalue weighted by Crippen LogP contribution is -2.31. The molecule has 1 aromatic carbocycles. The molecule has 1 rings (SSSR count). The van der Waals surface area contributed by atoms with Gasteiger partial charge in [-0.3, -0.25) is 4.79 Å². The van der Waals surface area contributed by atoms with Crippen LogP contribution >= 0.6 is 27.5 Å². The Morgan fingerprint density at radius 1 is 1.47 bits per heavy atom. The predicted molar refractivity (Wildman–Crippen MR) is 60.6 cm³/mol. The first-order valence-corrected chi connectivity index (χ1v) is 6.81. The van der Waals surface area contributed by atoms with Crippen LogP contribution in [0.5, 0.6) is 0 Å². The number of rotatable bonds is 3. The Bertz CT molecular complexity index is 475. The molecule has 0 bridgehead atoms. The Morgan fingerprint density at radius 3 is 2.67 bits per heavy atom. The second kappa shape index (κ2) is 4.96. The van der Waals surface area contributed by atoms with E-state index in [1.807, 2.05) is 4.72 Å². The first-order chi connectivity index (χ1) is 6.95. The second-order valence-electron chi connectivity index (χ2n) is 2.62.